The van der Waals surface area contributed by atoms with Crippen LogP contribution in [0, 0.1) is 6.92 Å². The number of nitrogens with zero attached hydrogens (tertiary/aromatic N) is 1. The summed E-state index contributed by atoms with van der Waals surface area (Å²) < 4.78 is 0. The van der Waals surface area contributed by atoms with Crippen molar-refractivity contribution >= 4 is 11.3 Å². The van der Waals surface area contributed by atoms with E-state index in [2.05, 4.69) is 10.4 Å². The van der Waals surface area contributed by atoms with Crippen molar-refractivity contribution < 1.29 is 0 Å². The number of aromatic nitrogens is 1. The Balaban J connectivity index is 2.82. The van der Waals surface area contributed by atoms with E-state index in [0.717, 1.165) is 5.69 Å². The first-order chi connectivity index (χ1) is 4.75. The van der Waals surface area contributed by atoms with Crippen molar-refractivity contribution in [3.8, 4) is 0 Å². The topological polar surface area (TPSA) is 50.9 Å². The molecule has 10 heavy (non-hydrogen) atoms. The van der Waals surface area contributed by atoms with Crippen LogP contribution in [0.2, 0.25) is 0 Å². The molecular weight excluding hydrogens is 146 g/mol. The van der Waals surface area contributed by atoms with Crippen LogP contribution >= 0.6 is 11.3 Å². The lowest BCUT2D eigenvalue weighted by molar-refractivity contribution is 0.608. The molecule has 0 aliphatic rings. The minimum atomic E-state index is 0.215. The molecule has 0 bridgehead atoms. The summed E-state index contributed by atoms with van der Waals surface area (Å²) in [5.41, 5.74) is 5.58. The van der Waals surface area contributed by atoms with E-state index >= 15 is 0 Å². The van der Waals surface area contributed by atoms with E-state index in [1.165, 1.54) is 4.88 Å². The Morgan fingerprint density at radius 1 is 1.80 bits per heavy atom. The lowest BCUT2D eigenvalue weighted by Crippen LogP contribution is -2.25. The molecule has 0 spiro atoms. The number of aryl methyl sites for hydroxylation is 1. The van der Waals surface area contributed by atoms with Crippen LogP contribution in [0.1, 0.15) is 23.5 Å². The highest BCUT2D eigenvalue weighted by molar-refractivity contribution is 7.09. The van der Waals surface area contributed by atoms with Gasteiger partial charge in [-0.15, -0.1) is 11.3 Å². The molecule has 4 heteroatoms. The molecule has 3 N–H and O–H groups in total. The molecule has 0 aromatic carbocycles. The standard InChI is InChI=1S/C6H11N3S/c1-4-6(5(2)9-7)10-3-8-4/h3,5,9H,7H2,1-2H3. The Morgan fingerprint density at radius 3 is 2.90 bits per heavy atom. The predicted molar refractivity (Wildman–Crippen MR) is 42.6 cm³/mol. The molecule has 1 aromatic rings. The first-order valence-electron chi connectivity index (χ1n) is 3.12. The van der Waals surface area contributed by atoms with Gasteiger partial charge in [-0.1, -0.05) is 0 Å². The van der Waals surface area contributed by atoms with E-state index < -0.39 is 0 Å². The summed E-state index contributed by atoms with van der Waals surface area (Å²) in [6.45, 7) is 4.00. The number of nitrogens with one attached hydrogen (secondary N) is 1. The Kier molecular flexibility index (Phi) is 2.37. The minimum absolute atomic E-state index is 0.215. The smallest absolute Gasteiger partial charge is 0.0798 e. The quantitative estimate of drug-likeness (QED) is 0.497. The first-order valence-corrected chi connectivity index (χ1v) is 3.99. The molecule has 0 radical (unpaired) electrons. The van der Waals surface area contributed by atoms with Crippen LogP contribution in [0.15, 0.2) is 5.51 Å². The molecule has 0 aliphatic heterocycles. The largest absolute Gasteiger partial charge is 0.271 e. The lowest BCUT2D eigenvalue weighted by atomic mass is 10.2. The maximum atomic E-state index is 5.26. The van der Waals surface area contributed by atoms with Gasteiger partial charge in [0.15, 0.2) is 0 Å². The van der Waals surface area contributed by atoms with Gasteiger partial charge in [-0.2, -0.15) is 0 Å². The van der Waals surface area contributed by atoms with Crippen LogP contribution in [-0.4, -0.2) is 4.98 Å². The van der Waals surface area contributed by atoms with E-state index in [1.807, 2.05) is 19.4 Å². The molecule has 56 valence electrons. The monoisotopic (exact) mass is 157 g/mol. The number of thiazole rings is 1. The van der Waals surface area contributed by atoms with E-state index in [1.54, 1.807) is 11.3 Å². The van der Waals surface area contributed by atoms with Gasteiger partial charge in [0.25, 0.3) is 0 Å². The van der Waals surface area contributed by atoms with Gasteiger partial charge in [-0.25, -0.2) is 4.98 Å². The fourth-order valence-electron chi connectivity index (χ4n) is 0.802. The predicted octanol–water partition coefficient (Wildman–Crippen LogP) is 0.976. The zero-order chi connectivity index (χ0) is 7.56. The number of nitrogens with two attached hydrogens (primary N) is 1. The molecule has 0 aliphatic carbocycles. The van der Waals surface area contributed by atoms with Crippen molar-refractivity contribution in [3.63, 3.8) is 0 Å². The van der Waals surface area contributed by atoms with E-state index in [0.29, 0.717) is 0 Å². The first kappa shape index (κ1) is 7.65. The van der Waals surface area contributed by atoms with Gasteiger partial charge >= 0.3 is 0 Å². The summed E-state index contributed by atoms with van der Waals surface area (Å²) in [5, 5.41) is 0. The fraction of sp³-hybridized carbons (Fsp3) is 0.500. The zero-order valence-corrected chi connectivity index (χ0v) is 6.90. The third-order valence-corrected chi connectivity index (χ3v) is 2.54. The van der Waals surface area contributed by atoms with Crippen LogP contribution < -0.4 is 11.3 Å². The lowest BCUT2D eigenvalue weighted by Gasteiger charge is -2.06. The van der Waals surface area contributed by atoms with Gasteiger partial charge in [-0.3, -0.25) is 11.3 Å². The van der Waals surface area contributed by atoms with Crippen molar-refractivity contribution in [2.24, 2.45) is 5.84 Å². The van der Waals surface area contributed by atoms with Crippen LogP contribution in [-0.2, 0) is 0 Å². The Hall–Kier alpha value is -0.450. The second-order valence-corrected chi connectivity index (χ2v) is 3.08. The average Bonchev–Trinajstić information content (AvgIpc) is 2.34. The molecule has 1 unspecified atom stereocenters. The summed E-state index contributed by atoms with van der Waals surface area (Å²) >= 11 is 1.63. The Morgan fingerprint density at radius 2 is 2.50 bits per heavy atom. The summed E-state index contributed by atoms with van der Waals surface area (Å²) in [4.78, 5) is 5.32. The normalized spacial score (nSPS) is 13.5. The molecule has 0 saturated carbocycles. The minimum Gasteiger partial charge on any atom is -0.271 e. The molecule has 1 heterocycles. The molecule has 1 atom stereocenters. The Bertz CT molecular complexity index is 209. The number of rotatable bonds is 2. The molecule has 1 rings (SSSR count). The van der Waals surface area contributed by atoms with Crippen molar-refractivity contribution in [2.75, 3.05) is 0 Å². The van der Waals surface area contributed by atoms with Gasteiger partial charge < -0.3 is 0 Å². The van der Waals surface area contributed by atoms with Crippen molar-refractivity contribution in [2.45, 2.75) is 19.9 Å². The van der Waals surface area contributed by atoms with Crippen molar-refractivity contribution in [1.29, 1.82) is 0 Å². The SMILES string of the molecule is Cc1ncsc1C(C)NN. The average molecular weight is 157 g/mol. The summed E-state index contributed by atoms with van der Waals surface area (Å²) in [6.07, 6.45) is 0. The number of hydrazine groups is 1. The van der Waals surface area contributed by atoms with Crippen molar-refractivity contribution in [3.05, 3.63) is 16.1 Å². The van der Waals surface area contributed by atoms with Gasteiger partial charge in [-0.05, 0) is 13.8 Å². The molecule has 0 fully saturated rings. The van der Waals surface area contributed by atoms with E-state index in [4.69, 9.17) is 5.84 Å². The van der Waals surface area contributed by atoms with Crippen LogP contribution in [0.4, 0.5) is 0 Å². The number of hydrogen-bond acceptors (Lipinski definition) is 4. The number of hydrogen-bond donors (Lipinski definition) is 2. The zero-order valence-electron chi connectivity index (χ0n) is 6.09. The molecular formula is C6H11N3S. The highest BCUT2D eigenvalue weighted by Gasteiger charge is 2.07. The van der Waals surface area contributed by atoms with Gasteiger partial charge in [0.1, 0.15) is 0 Å². The van der Waals surface area contributed by atoms with Crippen LogP contribution in [0.25, 0.3) is 0 Å². The third-order valence-electron chi connectivity index (χ3n) is 1.43. The second-order valence-electron chi connectivity index (χ2n) is 2.19. The highest BCUT2D eigenvalue weighted by Crippen LogP contribution is 2.19. The Labute approximate surface area is 64.2 Å². The summed E-state index contributed by atoms with van der Waals surface area (Å²) in [7, 11) is 0. The maximum Gasteiger partial charge on any atom is 0.0798 e. The van der Waals surface area contributed by atoms with Crippen molar-refractivity contribution in [1.82, 2.24) is 10.4 Å². The second kappa shape index (κ2) is 3.09. The molecule has 1 aromatic heterocycles. The van der Waals surface area contributed by atoms with E-state index in [9.17, 15) is 0 Å². The van der Waals surface area contributed by atoms with E-state index in [-0.39, 0.29) is 6.04 Å². The van der Waals surface area contributed by atoms with Gasteiger partial charge in [0.2, 0.25) is 0 Å². The summed E-state index contributed by atoms with van der Waals surface area (Å²) in [5.74, 6) is 5.26. The fourth-order valence-corrected chi connectivity index (χ4v) is 1.62. The maximum absolute atomic E-state index is 5.26. The molecule has 0 saturated heterocycles. The van der Waals surface area contributed by atoms with Crippen LogP contribution in [0.5, 0.6) is 0 Å². The highest BCUT2D eigenvalue weighted by atomic mass is 32.1. The summed E-state index contributed by atoms with van der Waals surface area (Å²) in [6, 6.07) is 0.215. The molecule has 3 nitrogen and oxygen atoms in total. The van der Waals surface area contributed by atoms with Crippen LogP contribution in [0.3, 0.4) is 0 Å². The van der Waals surface area contributed by atoms with Gasteiger partial charge in [0, 0.05) is 4.88 Å². The third kappa shape index (κ3) is 1.34. The van der Waals surface area contributed by atoms with Gasteiger partial charge in [0.05, 0.1) is 17.2 Å². The molecule has 0 amide bonds.